The Bertz CT molecular complexity index is 551. The van der Waals surface area contributed by atoms with Crippen LogP contribution in [0.4, 0.5) is 0 Å². The Morgan fingerprint density at radius 2 is 1.65 bits per heavy atom. The van der Waals surface area contributed by atoms with Gasteiger partial charge in [0, 0.05) is 0 Å². The van der Waals surface area contributed by atoms with Crippen LogP contribution < -0.4 is 5.73 Å². The largest absolute Gasteiger partial charge is 0.369 e. The molecular weight excluding hydrogens is 266 g/mol. The van der Waals surface area contributed by atoms with Crippen LogP contribution in [0.3, 0.4) is 0 Å². The molecule has 104 valence electrons. The predicted octanol–water partition coefficient (Wildman–Crippen LogP) is 3.50. The van der Waals surface area contributed by atoms with E-state index in [0.717, 1.165) is 12.8 Å². The summed E-state index contributed by atoms with van der Waals surface area (Å²) in [6.45, 7) is 0. The maximum absolute atomic E-state index is 11.2. The van der Waals surface area contributed by atoms with E-state index in [4.69, 9.17) is 5.73 Å². The minimum Gasteiger partial charge on any atom is -0.369 e. The monoisotopic (exact) mass is 285 g/mol. The van der Waals surface area contributed by atoms with E-state index in [0.29, 0.717) is 0 Å². The van der Waals surface area contributed by atoms with Crippen LogP contribution in [-0.4, -0.2) is 17.4 Å². The second kappa shape index (κ2) is 7.15. The Labute approximate surface area is 124 Å². The van der Waals surface area contributed by atoms with E-state index in [-0.39, 0.29) is 11.2 Å². The van der Waals surface area contributed by atoms with Crippen molar-refractivity contribution in [2.24, 2.45) is 5.73 Å². The fourth-order valence-corrected chi connectivity index (χ4v) is 2.75. The lowest BCUT2D eigenvalue weighted by atomic mass is 10.0. The van der Waals surface area contributed by atoms with Gasteiger partial charge in [0.1, 0.15) is 0 Å². The first kappa shape index (κ1) is 14.7. The van der Waals surface area contributed by atoms with Gasteiger partial charge in [0.15, 0.2) is 0 Å². The van der Waals surface area contributed by atoms with Gasteiger partial charge in [0.2, 0.25) is 5.91 Å². The lowest BCUT2D eigenvalue weighted by molar-refractivity contribution is -0.117. The fraction of sp³-hybridized carbons (Fsp3) is 0.235. The van der Waals surface area contributed by atoms with Crippen LogP contribution in [0.15, 0.2) is 54.6 Å². The standard InChI is InChI=1S/C17H19NOS/c1-20-16(17(18)19)12-9-13-7-10-15(11-8-13)14-5-3-2-4-6-14/h2-8,10-11,16H,9,12H2,1H3,(H2,18,19). The second-order valence-electron chi connectivity index (χ2n) is 4.73. The summed E-state index contributed by atoms with van der Waals surface area (Å²) in [7, 11) is 0. The number of carbonyl (C=O) groups is 1. The zero-order chi connectivity index (χ0) is 14.4. The Hall–Kier alpha value is -1.74. The number of aryl methyl sites for hydroxylation is 1. The number of thioether (sulfide) groups is 1. The molecule has 1 amide bonds. The first-order valence-electron chi connectivity index (χ1n) is 6.67. The molecular formula is C17H19NOS. The maximum Gasteiger partial charge on any atom is 0.230 e. The molecule has 0 saturated carbocycles. The van der Waals surface area contributed by atoms with Crippen LogP contribution in [0.5, 0.6) is 0 Å². The maximum atomic E-state index is 11.2. The average Bonchev–Trinajstić information content (AvgIpc) is 2.49. The van der Waals surface area contributed by atoms with Crippen molar-refractivity contribution in [2.45, 2.75) is 18.1 Å². The fourth-order valence-electron chi connectivity index (χ4n) is 2.17. The molecule has 0 aliphatic rings. The van der Waals surface area contributed by atoms with Gasteiger partial charge < -0.3 is 5.73 Å². The van der Waals surface area contributed by atoms with E-state index in [9.17, 15) is 4.79 Å². The second-order valence-corrected chi connectivity index (χ2v) is 5.77. The first-order chi connectivity index (χ1) is 9.70. The van der Waals surface area contributed by atoms with Gasteiger partial charge in [0.25, 0.3) is 0 Å². The summed E-state index contributed by atoms with van der Waals surface area (Å²) in [6, 6.07) is 18.8. The van der Waals surface area contributed by atoms with Crippen molar-refractivity contribution in [3.8, 4) is 11.1 Å². The van der Waals surface area contributed by atoms with Crippen molar-refractivity contribution in [1.82, 2.24) is 0 Å². The van der Waals surface area contributed by atoms with Gasteiger partial charge >= 0.3 is 0 Å². The summed E-state index contributed by atoms with van der Waals surface area (Å²) in [4.78, 5) is 11.2. The van der Waals surface area contributed by atoms with E-state index < -0.39 is 0 Å². The summed E-state index contributed by atoms with van der Waals surface area (Å²) in [5.74, 6) is -0.224. The van der Waals surface area contributed by atoms with Crippen LogP contribution in [0.25, 0.3) is 11.1 Å². The zero-order valence-electron chi connectivity index (χ0n) is 11.6. The molecule has 0 radical (unpaired) electrons. The molecule has 0 bridgehead atoms. The van der Waals surface area contributed by atoms with Crippen molar-refractivity contribution in [3.63, 3.8) is 0 Å². The van der Waals surface area contributed by atoms with Gasteiger partial charge in [-0.05, 0) is 35.8 Å². The van der Waals surface area contributed by atoms with E-state index in [1.165, 1.54) is 28.5 Å². The molecule has 0 aromatic heterocycles. The van der Waals surface area contributed by atoms with Gasteiger partial charge in [-0.1, -0.05) is 54.6 Å². The molecule has 1 atom stereocenters. The molecule has 0 spiro atoms. The predicted molar refractivity (Wildman–Crippen MR) is 86.7 cm³/mol. The smallest absolute Gasteiger partial charge is 0.230 e. The summed E-state index contributed by atoms with van der Waals surface area (Å²) in [6.07, 6.45) is 3.60. The highest BCUT2D eigenvalue weighted by Gasteiger charge is 2.13. The van der Waals surface area contributed by atoms with E-state index in [1.807, 2.05) is 24.5 Å². The molecule has 3 heteroatoms. The summed E-state index contributed by atoms with van der Waals surface area (Å²) >= 11 is 1.52. The molecule has 0 aliphatic carbocycles. The molecule has 2 aromatic carbocycles. The van der Waals surface area contributed by atoms with Crippen molar-refractivity contribution in [1.29, 1.82) is 0 Å². The summed E-state index contributed by atoms with van der Waals surface area (Å²) < 4.78 is 0. The van der Waals surface area contributed by atoms with Crippen molar-refractivity contribution in [2.75, 3.05) is 6.26 Å². The molecule has 0 aliphatic heterocycles. The third kappa shape index (κ3) is 3.87. The van der Waals surface area contributed by atoms with Crippen molar-refractivity contribution < 1.29 is 4.79 Å². The average molecular weight is 285 g/mol. The SMILES string of the molecule is CSC(CCc1ccc(-c2ccccc2)cc1)C(N)=O. The number of benzene rings is 2. The summed E-state index contributed by atoms with van der Waals surface area (Å²) in [5, 5.41) is -0.0937. The van der Waals surface area contributed by atoms with Gasteiger partial charge in [-0.15, -0.1) is 0 Å². The van der Waals surface area contributed by atoms with Gasteiger partial charge in [-0.3, -0.25) is 4.79 Å². The highest BCUT2D eigenvalue weighted by Crippen LogP contribution is 2.20. The number of hydrogen-bond donors (Lipinski definition) is 1. The van der Waals surface area contributed by atoms with E-state index >= 15 is 0 Å². The molecule has 0 saturated heterocycles. The first-order valence-corrected chi connectivity index (χ1v) is 7.96. The van der Waals surface area contributed by atoms with Gasteiger partial charge in [-0.2, -0.15) is 11.8 Å². The number of hydrogen-bond acceptors (Lipinski definition) is 2. The lowest BCUT2D eigenvalue weighted by Gasteiger charge is -2.10. The van der Waals surface area contributed by atoms with Gasteiger partial charge in [0.05, 0.1) is 5.25 Å². The van der Waals surface area contributed by atoms with Gasteiger partial charge in [-0.25, -0.2) is 0 Å². The third-order valence-corrected chi connectivity index (χ3v) is 4.40. The Morgan fingerprint density at radius 1 is 1.05 bits per heavy atom. The zero-order valence-corrected chi connectivity index (χ0v) is 12.4. The van der Waals surface area contributed by atoms with Crippen molar-refractivity contribution >= 4 is 17.7 Å². The highest BCUT2D eigenvalue weighted by atomic mass is 32.2. The topological polar surface area (TPSA) is 43.1 Å². The lowest BCUT2D eigenvalue weighted by Crippen LogP contribution is -2.25. The minimum absolute atomic E-state index is 0.0937. The molecule has 1 unspecified atom stereocenters. The number of primary amides is 1. The quantitative estimate of drug-likeness (QED) is 0.882. The van der Waals surface area contributed by atoms with Crippen LogP contribution in [0, 0.1) is 0 Å². The third-order valence-electron chi connectivity index (χ3n) is 3.36. The van der Waals surface area contributed by atoms with E-state index in [1.54, 1.807) is 0 Å². The molecule has 0 heterocycles. The number of nitrogens with two attached hydrogens (primary N) is 1. The van der Waals surface area contributed by atoms with Crippen molar-refractivity contribution in [3.05, 3.63) is 60.2 Å². The molecule has 20 heavy (non-hydrogen) atoms. The van der Waals surface area contributed by atoms with Crippen LogP contribution >= 0.6 is 11.8 Å². The normalized spacial score (nSPS) is 12.1. The molecule has 2 rings (SSSR count). The highest BCUT2D eigenvalue weighted by molar-refractivity contribution is 7.99. The Balaban J connectivity index is 2.00. The molecule has 2 nitrogen and oxygen atoms in total. The number of carbonyl (C=O) groups excluding carboxylic acids is 1. The van der Waals surface area contributed by atoms with Crippen LogP contribution in [0.1, 0.15) is 12.0 Å². The molecule has 2 N–H and O–H groups in total. The molecule has 0 fully saturated rings. The number of rotatable bonds is 6. The minimum atomic E-state index is -0.224. The Kier molecular flexibility index (Phi) is 5.24. The molecule has 2 aromatic rings. The number of amides is 1. The van der Waals surface area contributed by atoms with Crippen LogP contribution in [-0.2, 0) is 11.2 Å². The van der Waals surface area contributed by atoms with E-state index in [2.05, 4.69) is 36.4 Å². The van der Waals surface area contributed by atoms with Crippen LogP contribution in [0.2, 0.25) is 0 Å². The Morgan fingerprint density at radius 3 is 2.20 bits per heavy atom. The summed E-state index contributed by atoms with van der Waals surface area (Å²) in [5.41, 5.74) is 9.03.